The predicted octanol–water partition coefficient (Wildman–Crippen LogP) is 1.49. The van der Waals surface area contributed by atoms with Gasteiger partial charge in [0.1, 0.15) is 6.04 Å². The molecule has 19 heavy (non-hydrogen) atoms. The molecule has 1 aliphatic rings. The van der Waals surface area contributed by atoms with Crippen molar-refractivity contribution in [3.05, 3.63) is 35.4 Å². The van der Waals surface area contributed by atoms with Gasteiger partial charge in [-0.05, 0) is 24.0 Å². The molecule has 1 heterocycles. The van der Waals surface area contributed by atoms with Gasteiger partial charge in [0.2, 0.25) is 11.8 Å². The zero-order chi connectivity index (χ0) is 13.8. The van der Waals surface area contributed by atoms with E-state index in [1.807, 2.05) is 25.1 Å². The molecule has 1 atom stereocenters. The lowest BCUT2D eigenvalue weighted by molar-refractivity contribution is -0.144. The van der Waals surface area contributed by atoms with Gasteiger partial charge < -0.3 is 10.2 Å². The summed E-state index contributed by atoms with van der Waals surface area (Å²) in [5.41, 5.74) is 2.36. The van der Waals surface area contributed by atoms with Gasteiger partial charge in [-0.2, -0.15) is 0 Å². The zero-order valence-electron chi connectivity index (χ0n) is 11.5. The number of hydrogen-bond acceptors (Lipinski definition) is 2. The number of hydrogen-bond donors (Lipinski definition) is 1. The second-order valence-electron chi connectivity index (χ2n) is 4.84. The normalized spacial score (nSPS) is 19.5. The first kappa shape index (κ1) is 13.6. The van der Waals surface area contributed by atoms with Crippen molar-refractivity contribution in [3.63, 3.8) is 0 Å². The van der Waals surface area contributed by atoms with Crippen LogP contribution in [0.2, 0.25) is 0 Å². The van der Waals surface area contributed by atoms with Gasteiger partial charge in [0.05, 0.1) is 6.54 Å². The minimum atomic E-state index is -0.366. The minimum Gasteiger partial charge on any atom is -0.343 e. The van der Waals surface area contributed by atoms with E-state index >= 15 is 0 Å². The number of carbonyl (C=O) groups excluding carboxylic acids is 2. The first-order valence-electron chi connectivity index (χ1n) is 6.80. The number of piperazine rings is 1. The van der Waals surface area contributed by atoms with Gasteiger partial charge >= 0.3 is 0 Å². The SMILES string of the molecule is CCc1ccccc1CN1CC(=O)NC(CC)C1=O. The van der Waals surface area contributed by atoms with Crippen molar-refractivity contribution >= 4 is 11.8 Å². The van der Waals surface area contributed by atoms with E-state index in [0.29, 0.717) is 13.0 Å². The van der Waals surface area contributed by atoms with Crippen molar-refractivity contribution in [2.24, 2.45) is 0 Å². The summed E-state index contributed by atoms with van der Waals surface area (Å²) in [7, 11) is 0. The molecule has 1 fully saturated rings. The van der Waals surface area contributed by atoms with Gasteiger partial charge in [-0.15, -0.1) is 0 Å². The van der Waals surface area contributed by atoms with E-state index < -0.39 is 0 Å². The molecule has 1 aliphatic heterocycles. The Balaban J connectivity index is 2.17. The van der Waals surface area contributed by atoms with Crippen LogP contribution in [-0.4, -0.2) is 29.3 Å². The van der Waals surface area contributed by atoms with E-state index in [1.54, 1.807) is 4.90 Å². The molecular weight excluding hydrogens is 240 g/mol. The summed E-state index contributed by atoms with van der Waals surface area (Å²) in [5, 5.41) is 2.73. The molecule has 2 rings (SSSR count). The van der Waals surface area contributed by atoms with Crippen LogP contribution in [-0.2, 0) is 22.6 Å². The van der Waals surface area contributed by atoms with Gasteiger partial charge in [-0.1, -0.05) is 38.1 Å². The van der Waals surface area contributed by atoms with Gasteiger partial charge in [0, 0.05) is 6.54 Å². The molecule has 0 bridgehead atoms. The summed E-state index contributed by atoms with van der Waals surface area (Å²) >= 11 is 0. The van der Waals surface area contributed by atoms with Gasteiger partial charge in [-0.3, -0.25) is 9.59 Å². The highest BCUT2D eigenvalue weighted by Gasteiger charge is 2.31. The van der Waals surface area contributed by atoms with Crippen molar-refractivity contribution < 1.29 is 9.59 Å². The number of amides is 2. The number of nitrogens with zero attached hydrogens (tertiary/aromatic N) is 1. The number of rotatable bonds is 4. The molecule has 2 amide bonds. The van der Waals surface area contributed by atoms with Crippen LogP contribution in [0.5, 0.6) is 0 Å². The lowest BCUT2D eigenvalue weighted by Gasteiger charge is -2.32. The maximum Gasteiger partial charge on any atom is 0.245 e. The van der Waals surface area contributed by atoms with Crippen LogP contribution in [0.25, 0.3) is 0 Å². The average Bonchev–Trinajstić information content (AvgIpc) is 2.43. The fraction of sp³-hybridized carbons (Fsp3) is 0.467. The molecule has 1 aromatic carbocycles. The molecule has 0 aromatic heterocycles. The molecule has 0 saturated carbocycles. The number of aryl methyl sites for hydroxylation is 1. The third kappa shape index (κ3) is 2.95. The summed E-state index contributed by atoms with van der Waals surface area (Å²) in [6.45, 7) is 4.69. The summed E-state index contributed by atoms with van der Waals surface area (Å²) < 4.78 is 0. The average molecular weight is 260 g/mol. The molecule has 102 valence electrons. The maximum absolute atomic E-state index is 12.2. The van der Waals surface area contributed by atoms with E-state index in [4.69, 9.17) is 0 Å². The second kappa shape index (κ2) is 5.87. The Morgan fingerprint density at radius 3 is 2.53 bits per heavy atom. The van der Waals surface area contributed by atoms with Crippen LogP contribution in [0.4, 0.5) is 0 Å². The molecular formula is C15H20N2O2. The zero-order valence-corrected chi connectivity index (χ0v) is 11.5. The summed E-state index contributed by atoms with van der Waals surface area (Å²) in [4.78, 5) is 25.5. The van der Waals surface area contributed by atoms with Crippen LogP contribution in [0.1, 0.15) is 31.4 Å². The minimum absolute atomic E-state index is 0.0213. The van der Waals surface area contributed by atoms with Crippen LogP contribution in [0.15, 0.2) is 24.3 Å². The molecule has 4 heteroatoms. The first-order chi connectivity index (χ1) is 9.15. The molecule has 0 spiro atoms. The number of benzene rings is 1. The van der Waals surface area contributed by atoms with E-state index in [0.717, 1.165) is 12.0 Å². The van der Waals surface area contributed by atoms with Gasteiger partial charge in [-0.25, -0.2) is 0 Å². The highest BCUT2D eigenvalue weighted by molar-refractivity contribution is 5.94. The highest BCUT2D eigenvalue weighted by Crippen LogP contribution is 2.15. The van der Waals surface area contributed by atoms with Crippen molar-refractivity contribution in [2.75, 3.05) is 6.54 Å². The maximum atomic E-state index is 12.2. The van der Waals surface area contributed by atoms with Crippen LogP contribution >= 0.6 is 0 Å². The third-order valence-corrected chi connectivity index (χ3v) is 3.55. The molecule has 1 aromatic rings. The molecule has 0 aliphatic carbocycles. The van der Waals surface area contributed by atoms with Crippen molar-refractivity contribution in [3.8, 4) is 0 Å². The van der Waals surface area contributed by atoms with E-state index in [-0.39, 0.29) is 24.4 Å². The Kier molecular flexibility index (Phi) is 4.20. The van der Waals surface area contributed by atoms with Crippen LogP contribution in [0.3, 0.4) is 0 Å². The molecule has 4 nitrogen and oxygen atoms in total. The summed E-state index contributed by atoms with van der Waals surface area (Å²) in [5.74, 6) is -0.0477. The number of nitrogens with one attached hydrogen (secondary N) is 1. The van der Waals surface area contributed by atoms with Crippen molar-refractivity contribution in [1.82, 2.24) is 10.2 Å². The van der Waals surface area contributed by atoms with Crippen LogP contribution in [0, 0.1) is 0 Å². The molecule has 1 saturated heterocycles. The van der Waals surface area contributed by atoms with Crippen molar-refractivity contribution in [1.29, 1.82) is 0 Å². The Labute approximate surface area is 113 Å². The Hall–Kier alpha value is -1.84. The quantitative estimate of drug-likeness (QED) is 0.891. The smallest absolute Gasteiger partial charge is 0.245 e. The Bertz CT molecular complexity index is 485. The number of carbonyl (C=O) groups is 2. The largest absolute Gasteiger partial charge is 0.343 e. The van der Waals surface area contributed by atoms with Gasteiger partial charge in [0.25, 0.3) is 0 Å². The Morgan fingerprint density at radius 1 is 1.21 bits per heavy atom. The molecule has 1 unspecified atom stereocenters. The summed E-state index contributed by atoms with van der Waals surface area (Å²) in [6, 6.07) is 7.71. The topological polar surface area (TPSA) is 49.4 Å². The van der Waals surface area contributed by atoms with E-state index in [1.165, 1.54) is 5.56 Å². The van der Waals surface area contributed by atoms with Gasteiger partial charge in [0.15, 0.2) is 0 Å². The van der Waals surface area contributed by atoms with E-state index in [9.17, 15) is 9.59 Å². The first-order valence-corrected chi connectivity index (χ1v) is 6.80. The third-order valence-electron chi connectivity index (χ3n) is 3.55. The second-order valence-corrected chi connectivity index (χ2v) is 4.84. The van der Waals surface area contributed by atoms with E-state index in [2.05, 4.69) is 18.3 Å². The lowest BCUT2D eigenvalue weighted by atomic mass is 10.0. The standard InChI is InChI=1S/C15H20N2O2/c1-3-11-7-5-6-8-12(11)9-17-10-14(18)16-13(4-2)15(17)19/h5-8,13H,3-4,9-10H2,1-2H3,(H,16,18). The molecule has 0 radical (unpaired) electrons. The predicted molar refractivity (Wildman–Crippen MR) is 73.5 cm³/mol. The monoisotopic (exact) mass is 260 g/mol. The fourth-order valence-corrected chi connectivity index (χ4v) is 2.45. The lowest BCUT2D eigenvalue weighted by Crippen LogP contribution is -2.57. The highest BCUT2D eigenvalue weighted by atomic mass is 16.2. The van der Waals surface area contributed by atoms with Crippen molar-refractivity contribution in [2.45, 2.75) is 39.3 Å². The fourth-order valence-electron chi connectivity index (χ4n) is 2.45. The molecule has 1 N–H and O–H groups in total. The summed E-state index contributed by atoms with van der Waals surface area (Å²) in [6.07, 6.45) is 1.57. The Morgan fingerprint density at radius 2 is 1.89 bits per heavy atom. The van der Waals surface area contributed by atoms with Crippen LogP contribution < -0.4 is 5.32 Å².